The number of ether oxygens (including phenoxy) is 1. The molecule has 0 aromatic heterocycles. The highest BCUT2D eigenvalue weighted by Crippen LogP contribution is 2.39. The number of hydrogen-bond donors (Lipinski definition) is 2. The maximum atomic E-state index is 12.9. The van der Waals surface area contributed by atoms with E-state index in [0.717, 1.165) is 42.4 Å². The molecule has 0 radical (unpaired) electrons. The van der Waals surface area contributed by atoms with Crippen LogP contribution in [-0.2, 0) is 16.0 Å². The van der Waals surface area contributed by atoms with Crippen molar-refractivity contribution in [2.24, 2.45) is 5.92 Å². The highest BCUT2D eigenvalue weighted by atomic mass is 33.1. The maximum absolute atomic E-state index is 12.9. The van der Waals surface area contributed by atoms with E-state index in [1.54, 1.807) is 0 Å². The highest BCUT2D eigenvalue weighted by molar-refractivity contribution is 8.77. The Hall–Kier alpha value is -1.54. The molecule has 2 aliphatic heterocycles. The number of fused-ring (bicyclic) bond motifs is 1. The van der Waals surface area contributed by atoms with Gasteiger partial charge >= 0.3 is 0 Å². The van der Waals surface area contributed by atoms with E-state index in [0.29, 0.717) is 19.6 Å². The summed E-state index contributed by atoms with van der Waals surface area (Å²) in [4.78, 5) is 27.1. The van der Waals surface area contributed by atoms with Gasteiger partial charge in [-0.25, -0.2) is 0 Å². The molecule has 8 heteroatoms. The summed E-state index contributed by atoms with van der Waals surface area (Å²) in [6.07, 6.45) is 6.90. The predicted molar refractivity (Wildman–Crippen MR) is 145 cm³/mol. The second kappa shape index (κ2) is 13.5. The van der Waals surface area contributed by atoms with Crippen LogP contribution >= 0.6 is 21.6 Å². The minimum absolute atomic E-state index is 0.0879. The molecular weight excluding hydrogens is 466 g/mol. The van der Waals surface area contributed by atoms with Gasteiger partial charge in [-0.3, -0.25) is 9.59 Å². The molecule has 6 nitrogen and oxygen atoms in total. The van der Waals surface area contributed by atoms with Crippen LogP contribution in [0.15, 0.2) is 18.2 Å². The molecule has 2 aliphatic rings. The van der Waals surface area contributed by atoms with Crippen LogP contribution in [0.2, 0.25) is 0 Å². The summed E-state index contributed by atoms with van der Waals surface area (Å²) in [6.45, 7) is 7.20. The molecule has 190 valence electrons. The number of hydrogen-bond acceptors (Lipinski definition) is 6. The Balaban J connectivity index is 1.48. The third kappa shape index (κ3) is 7.74. The van der Waals surface area contributed by atoms with Gasteiger partial charge < -0.3 is 20.3 Å². The van der Waals surface area contributed by atoms with Crippen molar-refractivity contribution in [1.29, 1.82) is 0 Å². The zero-order valence-corrected chi connectivity index (χ0v) is 22.7. The lowest BCUT2D eigenvalue weighted by atomic mass is 9.94. The van der Waals surface area contributed by atoms with Crippen molar-refractivity contribution in [1.82, 2.24) is 10.6 Å². The summed E-state index contributed by atoms with van der Waals surface area (Å²) in [5.74, 6) is 2.41. The number of likely N-dealkylation sites (N-methyl/N-ethyl adjacent to an activating group) is 1. The van der Waals surface area contributed by atoms with E-state index >= 15 is 0 Å². The zero-order chi connectivity index (χ0) is 24.5. The highest BCUT2D eigenvalue weighted by Gasteiger charge is 2.32. The van der Waals surface area contributed by atoms with Gasteiger partial charge in [0.25, 0.3) is 0 Å². The fourth-order valence-corrected chi connectivity index (χ4v) is 7.76. The van der Waals surface area contributed by atoms with Gasteiger partial charge in [-0.1, -0.05) is 54.8 Å². The average Bonchev–Trinajstić information content (AvgIpc) is 3.32. The number of unbranched alkanes of at least 4 members (excludes halogenated alkanes) is 1. The number of nitrogens with zero attached hydrogens (tertiary/aromatic N) is 1. The number of carbonyl (C=O) groups excluding carboxylic acids is 2. The van der Waals surface area contributed by atoms with Crippen LogP contribution in [0.3, 0.4) is 0 Å². The molecule has 0 saturated carbocycles. The molecule has 1 fully saturated rings. The SMILES string of the molecule is CC[C@@H]1Cc2ccc(OCCNC(=O)CCCCC3CCSS3)cc2N(C)[C@@H](C(C)C)C(=O)N1. The quantitative estimate of drug-likeness (QED) is 0.331. The zero-order valence-electron chi connectivity index (χ0n) is 21.1. The van der Waals surface area contributed by atoms with Gasteiger partial charge in [-0.05, 0) is 49.7 Å². The van der Waals surface area contributed by atoms with Crippen LogP contribution in [0.1, 0.15) is 64.9 Å². The van der Waals surface area contributed by atoms with Gasteiger partial charge in [0.2, 0.25) is 11.8 Å². The number of nitrogens with one attached hydrogen (secondary N) is 2. The maximum Gasteiger partial charge on any atom is 0.243 e. The van der Waals surface area contributed by atoms with Gasteiger partial charge in [0, 0.05) is 42.3 Å². The number of rotatable bonds is 11. The first-order valence-electron chi connectivity index (χ1n) is 12.7. The van der Waals surface area contributed by atoms with Crippen molar-refractivity contribution < 1.29 is 14.3 Å². The Bertz CT molecular complexity index is 814. The standard InChI is InChI=1S/C26H41N3O3S2/c1-5-20-16-19-10-11-21(17-23(19)29(4)25(18(2)3)26(31)28-20)32-14-13-27-24(30)9-7-6-8-22-12-15-33-34-22/h10-11,17-18,20,22,25H,5-9,12-16H2,1-4H3,(H,27,30)(H,28,31)/t20-,22?,25+/m1/s1. The van der Waals surface area contributed by atoms with Gasteiger partial charge in [-0.2, -0.15) is 0 Å². The molecule has 2 amide bonds. The molecule has 2 N–H and O–H groups in total. The number of anilines is 1. The third-order valence-corrected chi connectivity index (χ3v) is 9.67. The van der Waals surface area contributed by atoms with E-state index in [4.69, 9.17) is 4.74 Å². The van der Waals surface area contributed by atoms with E-state index in [9.17, 15) is 9.59 Å². The molecule has 0 bridgehead atoms. The second-order valence-electron chi connectivity index (χ2n) is 9.68. The first kappa shape index (κ1) is 27.1. The summed E-state index contributed by atoms with van der Waals surface area (Å²) < 4.78 is 5.96. The van der Waals surface area contributed by atoms with E-state index in [1.807, 2.05) is 40.8 Å². The molecule has 3 rings (SSSR count). The van der Waals surface area contributed by atoms with E-state index in [-0.39, 0.29) is 29.8 Å². The second-order valence-corrected chi connectivity index (χ2v) is 12.5. The average molecular weight is 508 g/mol. The van der Waals surface area contributed by atoms with Gasteiger partial charge in [-0.15, -0.1) is 0 Å². The molecular formula is C26H41N3O3S2. The Morgan fingerprint density at radius 3 is 2.85 bits per heavy atom. The lowest BCUT2D eigenvalue weighted by Crippen LogP contribution is -2.53. The van der Waals surface area contributed by atoms with Crippen LogP contribution < -0.4 is 20.3 Å². The predicted octanol–water partition coefficient (Wildman–Crippen LogP) is 4.81. The van der Waals surface area contributed by atoms with Crippen LogP contribution in [0.4, 0.5) is 5.69 Å². The molecule has 1 saturated heterocycles. The molecule has 3 atom stereocenters. The van der Waals surface area contributed by atoms with Crippen molar-refractivity contribution in [3.05, 3.63) is 23.8 Å². The van der Waals surface area contributed by atoms with Crippen LogP contribution in [0.5, 0.6) is 5.75 Å². The summed E-state index contributed by atoms with van der Waals surface area (Å²) in [5.41, 5.74) is 2.27. The van der Waals surface area contributed by atoms with E-state index in [1.165, 1.54) is 24.2 Å². The van der Waals surface area contributed by atoms with Gasteiger partial charge in [0.15, 0.2) is 0 Å². The monoisotopic (exact) mass is 507 g/mol. The lowest BCUT2D eigenvalue weighted by molar-refractivity contribution is -0.124. The van der Waals surface area contributed by atoms with Gasteiger partial charge in [0.1, 0.15) is 18.4 Å². The van der Waals surface area contributed by atoms with Crippen molar-refractivity contribution in [2.75, 3.05) is 30.9 Å². The topological polar surface area (TPSA) is 70.7 Å². The molecule has 0 aliphatic carbocycles. The minimum atomic E-state index is -0.228. The van der Waals surface area contributed by atoms with Crippen molar-refractivity contribution in [2.45, 2.75) is 83.1 Å². The fourth-order valence-electron chi connectivity index (χ4n) is 4.73. The molecule has 0 spiro atoms. The molecule has 1 aromatic rings. The molecule has 1 unspecified atom stereocenters. The fraction of sp³-hybridized carbons (Fsp3) is 0.692. The normalized spacial score (nSPS) is 22.7. The summed E-state index contributed by atoms with van der Waals surface area (Å²) in [5, 5.41) is 6.97. The van der Waals surface area contributed by atoms with Crippen LogP contribution in [0.25, 0.3) is 0 Å². The molecule has 34 heavy (non-hydrogen) atoms. The van der Waals surface area contributed by atoms with Gasteiger partial charge in [0.05, 0.1) is 6.54 Å². The van der Waals surface area contributed by atoms with Crippen molar-refractivity contribution in [3.63, 3.8) is 0 Å². The number of amides is 2. The van der Waals surface area contributed by atoms with Crippen molar-refractivity contribution in [3.8, 4) is 5.75 Å². The summed E-state index contributed by atoms with van der Waals surface area (Å²) >= 11 is 0. The van der Waals surface area contributed by atoms with Crippen LogP contribution in [-0.4, -0.2) is 55.1 Å². The third-order valence-electron chi connectivity index (χ3n) is 6.66. The lowest BCUT2D eigenvalue weighted by Gasteiger charge is -2.37. The first-order valence-corrected chi connectivity index (χ1v) is 15.1. The molecule has 2 heterocycles. The number of benzene rings is 1. The Kier molecular flexibility index (Phi) is 10.8. The minimum Gasteiger partial charge on any atom is -0.492 e. The Labute approximate surface area is 213 Å². The number of carbonyl (C=O) groups is 2. The molecule has 1 aromatic carbocycles. The van der Waals surface area contributed by atoms with Crippen LogP contribution in [0, 0.1) is 5.92 Å². The Morgan fingerprint density at radius 2 is 2.15 bits per heavy atom. The summed E-state index contributed by atoms with van der Waals surface area (Å²) in [7, 11) is 5.97. The smallest absolute Gasteiger partial charge is 0.243 e. The summed E-state index contributed by atoms with van der Waals surface area (Å²) in [6, 6.07) is 6.05. The van der Waals surface area contributed by atoms with E-state index in [2.05, 4.69) is 42.4 Å². The first-order chi connectivity index (χ1) is 16.4. The van der Waals surface area contributed by atoms with Crippen molar-refractivity contribution >= 4 is 39.1 Å². The Morgan fingerprint density at radius 1 is 1.32 bits per heavy atom. The largest absolute Gasteiger partial charge is 0.492 e. The van der Waals surface area contributed by atoms with E-state index < -0.39 is 0 Å².